The average molecular weight is 191 g/mol. The predicted molar refractivity (Wildman–Crippen MR) is 57.7 cm³/mol. The molecule has 1 aromatic heterocycles. The van der Waals surface area contributed by atoms with Gasteiger partial charge in [-0.3, -0.25) is 9.67 Å². The molecule has 0 radical (unpaired) electrons. The molecule has 0 fully saturated rings. The van der Waals surface area contributed by atoms with Crippen LogP contribution in [0.15, 0.2) is 11.1 Å². The van der Waals surface area contributed by atoms with Crippen LogP contribution in [0, 0.1) is 12.8 Å². The van der Waals surface area contributed by atoms with Gasteiger partial charge in [-0.25, -0.2) is 0 Å². The normalized spacial score (nSPS) is 22.2. The number of nitrogens with zero attached hydrogens (tertiary/aromatic N) is 3. The van der Waals surface area contributed by atoms with Crippen molar-refractivity contribution in [2.24, 2.45) is 18.0 Å². The molecule has 0 saturated heterocycles. The Morgan fingerprint density at radius 3 is 2.79 bits per heavy atom. The molecule has 0 aromatic carbocycles. The Morgan fingerprint density at radius 2 is 2.29 bits per heavy atom. The van der Waals surface area contributed by atoms with Crippen molar-refractivity contribution in [2.75, 3.05) is 6.54 Å². The third-order valence-corrected chi connectivity index (χ3v) is 2.77. The maximum Gasteiger partial charge on any atom is 0.0819 e. The first kappa shape index (κ1) is 9.44. The van der Waals surface area contributed by atoms with E-state index in [0.29, 0.717) is 0 Å². The summed E-state index contributed by atoms with van der Waals surface area (Å²) >= 11 is 0. The van der Waals surface area contributed by atoms with Gasteiger partial charge in [0, 0.05) is 13.6 Å². The van der Waals surface area contributed by atoms with Crippen molar-refractivity contribution in [3.8, 4) is 0 Å². The average Bonchev–Trinajstić information content (AvgIpc) is 2.47. The Bertz CT molecular complexity index is 363. The molecule has 3 heteroatoms. The second-order valence-electron chi connectivity index (χ2n) is 4.23. The quantitative estimate of drug-likeness (QED) is 0.667. The third-order valence-electron chi connectivity index (χ3n) is 2.77. The second kappa shape index (κ2) is 3.56. The molecule has 0 N–H and O–H groups in total. The van der Waals surface area contributed by atoms with E-state index in [1.165, 1.54) is 17.8 Å². The zero-order valence-electron chi connectivity index (χ0n) is 9.12. The van der Waals surface area contributed by atoms with E-state index in [9.17, 15) is 0 Å². The standard InChI is InChI=1S/C11H17N3/c1-8-4-5-10(12-7-8)11-6-9(2)13-14(11)3/h6,8H,4-5,7H2,1-3H3/t8-/m0/s1. The summed E-state index contributed by atoms with van der Waals surface area (Å²) in [5, 5.41) is 4.34. The van der Waals surface area contributed by atoms with Crippen LogP contribution in [0.25, 0.3) is 0 Å². The molecule has 0 bridgehead atoms. The minimum atomic E-state index is 0.744. The molecule has 0 aliphatic carbocycles. The molecule has 0 spiro atoms. The lowest BCUT2D eigenvalue weighted by molar-refractivity contribution is 0.536. The molecular formula is C11H17N3. The van der Waals surface area contributed by atoms with Crippen LogP contribution in [0.1, 0.15) is 31.2 Å². The van der Waals surface area contributed by atoms with Crippen LogP contribution < -0.4 is 0 Å². The number of hydrogen-bond acceptors (Lipinski definition) is 2. The number of aromatic nitrogens is 2. The van der Waals surface area contributed by atoms with Gasteiger partial charge in [-0.05, 0) is 31.7 Å². The fraction of sp³-hybridized carbons (Fsp3) is 0.636. The highest BCUT2D eigenvalue weighted by molar-refractivity contribution is 5.99. The van der Waals surface area contributed by atoms with Crippen LogP contribution in [-0.2, 0) is 7.05 Å². The van der Waals surface area contributed by atoms with Crippen molar-refractivity contribution in [3.05, 3.63) is 17.5 Å². The number of aliphatic imine (C=N–C) groups is 1. The maximum absolute atomic E-state index is 4.61. The zero-order valence-corrected chi connectivity index (χ0v) is 9.12. The monoisotopic (exact) mass is 191 g/mol. The topological polar surface area (TPSA) is 30.2 Å². The van der Waals surface area contributed by atoms with Crippen LogP contribution in [0.2, 0.25) is 0 Å². The molecule has 1 aromatic rings. The van der Waals surface area contributed by atoms with E-state index >= 15 is 0 Å². The van der Waals surface area contributed by atoms with Gasteiger partial charge in [0.15, 0.2) is 0 Å². The van der Waals surface area contributed by atoms with E-state index in [4.69, 9.17) is 0 Å². The van der Waals surface area contributed by atoms with Gasteiger partial charge < -0.3 is 0 Å². The Balaban J connectivity index is 2.27. The summed E-state index contributed by atoms with van der Waals surface area (Å²) in [4.78, 5) is 4.61. The van der Waals surface area contributed by atoms with Gasteiger partial charge in [0.2, 0.25) is 0 Å². The number of aryl methyl sites for hydroxylation is 2. The summed E-state index contributed by atoms with van der Waals surface area (Å²) in [6, 6.07) is 2.12. The summed E-state index contributed by atoms with van der Waals surface area (Å²) in [5.41, 5.74) is 3.49. The lowest BCUT2D eigenvalue weighted by Gasteiger charge is -2.17. The van der Waals surface area contributed by atoms with Crippen molar-refractivity contribution >= 4 is 5.71 Å². The zero-order chi connectivity index (χ0) is 10.1. The van der Waals surface area contributed by atoms with Gasteiger partial charge in [-0.1, -0.05) is 6.92 Å². The van der Waals surface area contributed by atoms with Crippen molar-refractivity contribution in [2.45, 2.75) is 26.7 Å². The highest BCUT2D eigenvalue weighted by Gasteiger charge is 2.15. The first-order chi connectivity index (χ1) is 6.66. The molecule has 1 aliphatic heterocycles. The predicted octanol–water partition coefficient (Wildman–Crippen LogP) is 1.95. The molecule has 14 heavy (non-hydrogen) atoms. The van der Waals surface area contributed by atoms with Crippen molar-refractivity contribution < 1.29 is 0 Å². The minimum Gasteiger partial charge on any atom is -0.287 e. The summed E-state index contributed by atoms with van der Waals surface area (Å²) in [6.45, 7) is 5.25. The minimum absolute atomic E-state index is 0.744. The second-order valence-corrected chi connectivity index (χ2v) is 4.23. The molecule has 3 nitrogen and oxygen atoms in total. The van der Waals surface area contributed by atoms with Crippen LogP contribution >= 0.6 is 0 Å². The number of hydrogen-bond donors (Lipinski definition) is 0. The van der Waals surface area contributed by atoms with Gasteiger partial charge in [0.05, 0.1) is 17.1 Å². The first-order valence-corrected chi connectivity index (χ1v) is 5.21. The summed E-state index contributed by atoms with van der Waals surface area (Å²) < 4.78 is 1.93. The third kappa shape index (κ3) is 1.72. The van der Waals surface area contributed by atoms with Crippen molar-refractivity contribution in [1.29, 1.82) is 0 Å². The molecule has 1 atom stereocenters. The largest absolute Gasteiger partial charge is 0.287 e. The highest BCUT2D eigenvalue weighted by Crippen LogP contribution is 2.17. The smallest absolute Gasteiger partial charge is 0.0819 e. The lowest BCUT2D eigenvalue weighted by Crippen LogP contribution is -2.16. The van der Waals surface area contributed by atoms with Crippen LogP contribution in [0.4, 0.5) is 0 Å². The Morgan fingerprint density at radius 1 is 1.50 bits per heavy atom. The van der Waals surface area contributed by atoms with E-state index in [2.05, 4.69) is 23.1 Å². The van der Waals surface area contributed by atoms with Gasteiger partial charge >= 0.3 is 0 Å². The van der Waals surface area contributed by atoms with E-state index in [0.717, 1.165) is 24.6 Å². The Labute approximate surface area is 84.8 Å². The molecular weight excluding hydrogens is 174 g/mol. The fourth-order valence-corrected chi connectivity index (χ4v) is 1.91. The number of rotatable bonds is 1. The summed E-state index contributed by atoms with van der Waals surface area (Å²) in [6.07, 6.45) is 2.35. The van der Waals surface area contributed by atoms with Crippen molar-refractivity contribution in [3.63, 3.8) is 0 Å². The van der Waals surface area contributed by atoms with E-state index in [1.807, 2.05) is 18.7 Å². The molecule has 0 amide bonds. The highest BCUT2D eigenvalue weighted by atomic mass is 15.3. The van der Waals surface area contributed by atoms with Crippen LogP contribution in [0.3, 0.4) is 0 Å². The molecule has 0 unspecified atom stereocenters. The molecule has 2 rings (SSSR count). The van der Waals surface area contributed by atoms with Gasteiger partial charge in [0.25, 0.3) is 0 Å². The van der Waals surface area contributed by atoms with E-state index in [1.54, 1.807) is 0 Å². The molecule has 1 aliphatic rings. The van der Waals surface area contributed by atoms with Crippen LogP contribution in [-0.4, -0.2) is 22.0 Å². The maximum atomic E-state index is 4.61. The summed E-state index contributed by atoms with van der Waals surface area (Å²) in [7, 11) is 1.99. The Hall–Kier alpha value is -1.12. The SMILES string of the molecule is Cc1cc(C2=NC[C@@H](C)CC2)n(C)n1. The molecule has 76 valence electrons. The Kier molecular flexibility index (Phi) is 2.40. The van der Waals surface area contributed by atoms with E-state index in [-0.39, 0.29) is 0 Å². The first-order valence-electron chi connectivity index (χ1n) is 5.21. The molecule has 0 saturated carbocycles. The van der Waals surface area contributed by atoms with E-state index < -0.39 is 0 Å². The van der Waals surface area contributed by atoms with Gasteiger partial charge in [0.1, 0.15) is 0 Å². The van der Waals surface area contributed by atoms with Gasteiger partial charge in [-0.2, -0.15) is 5.10 Å². The lowest BCUT2D eigenvalue weighted by atomic mass is 9.98. The molecule has 2 heterocycles. The van der Waals surface area contributed by atoms with Crippen LogP contribution in [0.5, 0.6) is 0 Å². The van der Waals surface area contributed by atoms with Gasteiger partial charge in [-0.15, -0.1) is 0 Å². The fourth-order valence-electron chi connectivity index (χ4n) is 1.91. The summed E-state index contributed by atoms with van der Waals surface area (Å²) in [5.74, 6) is 0.744. The van der Waals surface area contributed by atoms with Crippen molar-refractivity contribution in [1.82, 2.24) is 9.78 Å².